The quantitative estimate of drug-likeness (QED) is 0.406. The van der Waals surface area contributed by atoms with Crippen LogP contribution in [0.1, 0.15) is 18.4 Å². The molecule has 1 aromatic carbocycles. The molecule has 1 heterocycles. The molecule has 146 valence electrons. The number of hydrogen-bond acceptors (Lipinski definition) is 8. The molecular formula is C15H22N2O7S2. The maximum Gasteiger partial charge on any atom is 0.293 e. The first-order valence-electron chi connectivity index (χ1n) is 7.86. The standard InChI is InChI=1S/C15H22N2O7S2/c1-25(20,21)15(10-6-3-2-4-7-10,12(16)14(19)26(22,23)24)13(18)11-8-5-9-17-11/h2-4,6-7,11-12,14,17,19H,5,8-9,16H2,1H3,(H,22,23,24)/t11-,12?,14?,15?/m0/s1. The van der Waals surface area contributed by atoms with E-state index < -0.39 is 48.0 Å². The lowest BCUT2D eigenvalue weighted by atomic mass is 9.83. The number of Topliss-reactive ketones (excluding diaryl/α,β-unsaturated/α-hetero) is 1. The lowest BCUT2D eigenvalue weighted by molar-refractivity contribution is -0.124. The van der Waals surface area contributed by atoms with Gasteiger partial charge in [0.2, 0.25) is 0 Å². The first-order valence-corrected chi connectivity index (χ1v) is 11.3. The molecule has 0 aliphatic carbocycles. The minimum Gasteiger partial charge on any atom is -0.374 e. The second-order valence-corrected chi connectivity index (χ2v) is 10.0. The number of aliphatic hydroxyl groups is 1. The zero-order valence-electron chi connectivity index (χ0n) is 14.1. The van der Waals surface area contributed by atoms with Crippen molar-refractivity contribution in [3.8, 4) is 0 Å². The maximum absolute atomic E-state index is 13.3. The Morgan fingerprint density at radius 2 is 1.85 bits per heavy atom. The summed E-state index contributed by atoms with van der Waals surface area (Å²) in [7, 11) is -9.49. The molecule has 1 aromatic rings. The summed E-state index contributed by atoms with van der Waals surface area (Å²) >= 11 is 0. The predicted molar refractivity (Wildman–Crippen MR) is 94.5 cm³/mol. The molecule has 5 N–H and O–H groups in total. The van der Waals surface area contributed by atoms with Crippen LogP contribution < -0.4 is 11.1 Å². The van der Waals surface area contributed by atoms with Crippen molar-refractivity contribution >= 4 is 25.7 Å². The molecule has 0 aromatic heterocycles. The average molecular weight is 406 g/mol. The molecule has 11 heteroatoms. The van der Waals surface area contributed by atoms with E-state index in [-0.39, 0.29) is 5.56 Å². The van der Waals surface area contributed by atoms with Crippen molar-refractivity contribution < 1.29 is 31.3 Å². The summed E-state index contributed by atoms with van der Waals surface area (Å²) in [6.07, 6.45) is 1.72. The van der Waals surface area contributed by atoms with E-state index in [2.05, 4.69) is 5.32 Å². The summed E-state index contributed by atoms with van der Waals surface area (Å²) in [6.45, 7) is 0.487. The van der Waals surface area contributed by atoms with Gasteiger partial charge in [0.1, 0.15) is 0 Å². The zero-order chi connectivity index (χ0) is 19.8. The highest BCUT2D eigenvalue weighted by Crippen LogP contribution is 2.38. The average Bonchev–Trinajstić information content (AvgIpc) is 3.07. The Morgan fingerprint density at radius 1 is 1.27 bits per heavy atom. The molecule has 0 spiro atoms. The van der Waals surface area contributed by atoms with Crippen molar-refractivity contribution in [2.75, 3.05) is 12.8 Å². The Labute approximate surface area is 152 Å². The van der Waals surface area contributed by atoms with E-state index in [9.17, 15) is 31.3 Å². The topological polar surface area (TPSA) is 164 Å². The molecule has 0 bridgehead atoms. The number of benzene rings is 1. The highest BCUT2D eigenvalue weighted by atomic mass is 32.2. The van der Waals surface area contributed by atoms with Gasteiger partial charge in [-0.25, -0.2) is 8.42 Å². The van der Waals surface area contributed by atoms with Crippen molar-refractivity contribution in [3.63, 3.8) is 0 Å². The van der Waals surface area contributed by atoms with Crippen LogP contribution in [0.15, 0.2) is 30.3 Å². The van der Waals surface area contributed by atoms with Gasteiger partial charge in [-0.05, 0) is 24.9 Å². The zero-order valence-corrected chi connectivity index (χ0v) is 15.7. The van der Waals surface area contributed by atoms with Gasteiger partial charge in [0, 0.05) is 6.26 Å². The second kappa shape index (κ2) is 7.33. The molecule has 9 nitrogen and oxygen atoms in total. The van der Waals surface area contributed by atoms with Crippen molar-refractivity contribution in [2.45, 2.75) is 35.1 Å². The third kappa shape index (κ3) is 3.55. The van der Waals surface area contributed by atoms with Crippen molar-refractivity contribution in [3.05, 3.63) is 35.9 Å². The number of nitrogens with one attached hydrogen (secondary N) is 1. The van der Waals surface area contributed by atoms with Gasteiger partial charge in [-0.1, -0.05) is 30.3 Å². The van der Waals surface area contributed by atoms with E-state index >= 15 is 0 Å². The lowest BCUT2D eigenvalue weighted by Crippen LogP contribution is -2.65. The van der Waals surface area contributed by atoms with Gasteiger partial charge in [0.25, 0.3) is 10.1 Å². The number of carbonyl (C=O) groups excluding carboxylic acids is 1. The molecule has 0 saturated carbocycles. The summed E-state index contributed by atoms with van der Waals surface area (Å²) in [6, 6.07) is 4.16. The van der Waals surface area contributed by atoms with Crippen molar-refractivity contribution in [2.24, 2.45) is 5.73 Å². The smallest absolute Gasteiger partial charge is 0.293 e. The number of hydrogen-bond donors (Lipinski definition) is 4. The molecule has 26 heavy (non-hydrogen) atoms. The molecule has 3 unspecified atom stereocenters. The monoisotopic (exact) mass is 406 g/mol. The molecule has 1 aliphatic heterocycles. The van der Waals surface area contributed by atoms with Crippen LogP contribution in [0.5, 0.6) is 0 Å². The van der Waals surface area contributed by atoms with E-state index in [4.69, 9.17) is 5.73 Å². The summed E-state index contributed by atoms with van der Waals surface area (Å²) < 4.78 is 55.1. The van der Waals surface area contributed by atoms with Gasteiger partial charge in [0.05, 0.1) is 12.1 Å². The SMILES string of the molecule is CS(=O)(=O)C(C(=O)[C@@H]1CCCN1)(c1ccccc1)C(N)C(O)S(=O)(=O)O. The van der Waals surface area contributed by atoms with Crippen LogP contribution in [0.2, 0.25) is 0 Å². The van der Waals surface area contributed by atoms with Crippen LogP contribution in [0, 0.1) is 0 Å². The van der Waals surface area contributed by atoms with Crippen LogP contribution in [-0.4, -0.2) is 62.6 Å². The van der Waals surface area contributed by atoms with E-state index in [1.807, 2.05) is 0 Å². The maximum atomic E-state index is 13.3. The third-order valence-corrected chi connectivity index (χ3v) is 7.39. The Morgan fingerprint density at radius 3 is 2.27 bits per heavy atom. The Kier molecular flexibility index (Phi) is 5.90. The van der Waals surface area contributed by atoms with E-state index in [0.717, 1.165) is 6.26 Å². The predicted octanol–water partition coefficient (Wildman–Crippen LogP) is -1.22. The van der Waals surface area contributed by atoms with Gasteiger partial charge >= 0.3 is 0 Å². The van der Waals surface area contributed by atoms with Crippen LogP contribution in [-0.2, 0) is 29.5 Å². The summed E-state index contributed by atoms with van der Waals surface area (Å²) in [5.74, 6) is -0.862. The Balaban J connectivity index is 2.79. The fraction of sp³-hybridized carbons (Fsp3) is 0.533. The molecule has 0 radical (unpaired) electrons. The van der Waals surface area contributed by atoms with E-state index in [0.29, 0.717) is 19.4 Å². The van der Waals surface area contributed by atoms with Gasteiger partial charge < -0.3 is 16.2 Å². The Bertz CT molecular complexity index is 865. The van der Waals surface area contributed by atoms with Crippen LogP contribution >= 0.6 is 0 Å². The molecule has 1 aliphatic rings. The summed E-state index contributed by atoms with van der Waals surface area (Å²) in [5.41, 5.74) is 3.12. The van der Waals surface area contributed by atoms with E-state index in [1.54, 1.807) is 6.07 Å². The summed E-state index contributed by atoms with van der Waals surface area (Å²) in [4.78, 5) is 13.3. The van der Waals surface area contributed by atoms with Crippen LogP contribution in [0.3, 0.4) is 0 Å². The van der Waals surface area contributed by atoms with Crippen LogP contribution in [0.4, 0.5) is 0 Å². The molecule has 0 amide bonds. The number of ketones is 1. The summed E-state index contributed by atoms with van der Waals surface area (Å²) in [5, 5.41) is 12.9. The van der Waals surface area contributed by atoms with Gasteiger partial charge in [0.15, 0.2) is 25.8 Å². The molecular weight excluding hydrogens is 384 g/mol. The first-order chi connectivity index (χ1) is 11.9. The molecule has 1 fully saturated rings. The Hall–Kier alpha value is -1.37. The third-order valence-electron chi connectivity index (χ3n) is 4.61. The van der Waals surface area contributed by atoms with E-state index in [1.165, 1.54) is 24.3 Å². The molecule has 1 saturated heterocycles. The fourth-order valence-corrected chi connectivity index (χ4v) is 5.74. The minimum atomic E-state index is -5.12. The first kappa shape index (κ1) is 20.9. The lowest BCUT2D eigenvalue weighted by Gasteiger charge is -2.39. The number of nitrogens with two attached hydrogens (primary N) is 1. The highest BCUT2D eigenvalue weighted by Gasteiger charge is 2.59. The second-order valence-electron chi connectivity index (χ2n) is 6.32. The van der Waals surface area contributed by atoms with Gasteiger partial charge in [-0.2, -0.15) is 8.42 Å². The fourth-order valence-electron chi connectivity index (χ4n) is 3.38. The van der Waals surface area contributed by atoms with Gasteiger partial charge in [-0.3, -0.25) is 9.35 Å². The van der Waals surface area contributed by atoms with Crippen molar-refractivity contribution in [1.82, 2.24) is 5.32 Å². The normalized spacial score (nSPS) is 23.2. The number of carbonyl (C=O) groups is 1. The van der Waals surface area contributed by atoms with Gasteiger partial charge in [-0.15, -0.1) is 0 Å². The van der Waals surface area contributed by atoms with Crippen LogP contribution in [0.25, 0.3) is 0 Å². The largest absolute Gasteiger partial charge is 0.374 e. The van der Waals surface area contributed by atoms with Crippen molar-refractivity contribution in [1.29, 1.82) is 0 Å². The molecule has 2 rings (SSSR count). The minimum absolute atomic E-state index is 0.0728. The number of sulfone groups is 1. The highest BCUT2D eigenvalue weighted by molar-refractivity contribution is 7.92. The molecule has 4 atom stereocenters. The number of aliphatic hydroxyl groups excluding tert-OH is 1. The number of rotatable bonds is 7.